The molecule has 1 aromatic rings. The molecule has 0 saturated heterocycles. The lowest BCUT2D eigenvalue weighted by atomic mass is 9.91. The van der Waals surface area contributed by atoms with Crippen LogP contribution in [0, 0.1) is 11.8 Å². The molecule has 1 N–H and O–H groups in total. The second-order valence-electron chi connectivity index (χ2n) is 5.06. The molecule has 2 atom stereocenters. The van der Waals surface area contributed by atoms with Gasteiger partial charge in [0.1, 0.15) is 5.75 Å². The Morgan fingerprint density at radius 1 is 1.19 bits per heavy atom. The van der Waals surface area contributed by atoms with Crippen LogP contribution in [0.2, 0.25) is 0 Å². The van der Waals surface area contributed by atoms with Crippen molar-refractivity contribution in [2.75, 3.05) is 0 Å². The first-order valence-electron chi connectivity index (χ1n) is 6.39. The third-order valence-corrected chi connectivity index (χ3v) is 3.34. The molecule has 90 valence electrons. The Labute approximate surface area is 99.5 Å². The van der Waals surface area contributed by atoms with E-state index in [9.17, 15) is 5.11 Å². The number of rotatable bonds is 6. The van der Waals surface area contributed by atoms with E-state index in [2.05, 4.69) is 26.8 Å². The molecule has 1 aromatic carbocycles. The molecular formula is C15H24O. The molecule has 0 amide bonds. The van der Waals surface area contributed by atoms with Crippen LogP contribution in [0.15, 0.2) is 24.3 Å². The summed E-state index contributed by atoms with van der Waals surface area (Å²) in [5.74, 6) is 1.99. The SMILES string of the molecule is CCC(C)CC(C)CCc1cccc(O)c1. The first kappa shape index (κ1) is 13.1. The second-order valence-corrected chi connectivity index (χ2v) is 5.06. The maximum atomic E-state index is 9.36. The lowest BCUT2D eigenvalue weighted by molar-refractivity contribution is 0.387. The van der Waals surface area contributed by atoms with Gasteiger partial charge in [0.25, 0.3) is 0 Å². The molecular weight excluding hydrogens is 196 g/mol. The Hall–Kier alpha value is -0.980. The van der Waals surface area contributed by atoms with E-state index in [0.717, 1.165) is 18.3 Å². The number of hydrogen-bond donors (Lipinski definition) is 1. The summed E-state index contributed by atoms with van der Waals surface area (Å²) in [4.78, 5) is 0. The molecule has 0 saturated carbocycles. The van der Waals surface area contributed by atoms with Gasteiger partial charge in [0.15, 0.2) is 0 Å². The van der Waals surface area contributed by atoms with Crippen molar-refractivity contribution in [2.45, 2.75) is 46.5 Å². The number of aromatic hydroxyl groups is 1. The number of aryl methyl sites for hydroxylation is 1. The van der Waals surface area contributed by atoms with E-state index in [1.54, 1.807) is 6.07 Å². The minimum Gasteiger partial charge on any atom is -0.508 e. The van der Waals surface area contributed by atoms with Gasteiger partial charge in [-0.05, 0) is 48.8 Å². The van der Waals surface area contributed by atoms with Gasteiger partial charge in [-0.15, -0.1) is 0 Å². The van der Waals surface area contributed by atoms with Crippen molar-refractivity contribution >= 4 is 0 Å². The minimum atomic E-state index is 0.382. The highest BCUT2D eigenvalue weighted by Crippen LogP contribution is 2.20. The van der Waals surface area contributed by atoms with Gasteiger partial charge in [-0.1, -0.05) is 39.3 Å². The summed E-state index contributed by atoms with van der Waals surface area (Å²) in [6, 6.07) is 7.61. The Morgan fingerprint density at radius 3 is 2.56 bits per heavy atom. The van der Waals surface area contributed by atoms with Gasteiger partial charge in [0, 0.05) is 0 Å². The zero-order valence-corrected chi connectivity index (χ0v) is 10.7. The average molecular weight is 220 g/mol. The highest BCUT2D eigenvalue weighted by Gasteiger charge is 2.07. The summed E-state index contributed by atoms with van der Waals surface area (Å²) < 4.78 is 0. The maximum Gasteiger partial charge on any atom is 0.115 e. The summed E-state index contributed by atoms with van der Waals surface area (Å²) in [5.41, 5.74) is 1.25. The first-order chi connectivity index (χ1) is 7.61. The van der Waals surface area contributed by atoms with Gasteiger partial charge in [-0.25, -0.2) is 0 Å². The maximum absolute atomic E-state index is 9.36. The summed E-state index contributed by atoms with van der Waals surface area (Å²) in [7, 11) is 0. The van der Waals surface area contributed by atoms with E-state index in [4.69, 9.17) is 0 Å². The second kappa shape index (κ2) is 6.57. The van der Waals surface area contributed by atoms with Crippen molar-refractivity contribution in [3.8, 4) is 5.75 Å². The van der Waals surface area contributed by atoms with Crippen LogP contribution >= 0.6 is 0 Å². The molecule has 0 aliphatic heterocycles. The van der Waals surface area contributed by atoms with E-state index >= 15 is 0 Å². The first-order valence-corrected chi connectivity index (χ1v) is 6.39. The van der Waals surface area contributed by atoms with Crippen LogP contribution in [0.3, 0.4) is 0 Å². The zero-order valence-electron chi connectivity index (χ0n) is 10.7. The van der Waals surface area contributed by atoms with Crippen molar-refractivity contribution < 1.29 is 5.11 Å². The summed E-state index contributed by atoms with van der Waals surface area (Å²) in [5, 5.41) is 9.36. The third kappa shape index (κ3) is 4.69. The van der Waals surface area contributed by atoms with Crippen LogP contribution < -0.4 is 0 Å². The number of phenols is 1. The molecule has 2 unspecified atom stereocenters. The lowest BCUT2D eigenvalue weighted by Gasteiger charge is -2.15. The topological polar surface area (TPSA) is 20.2 Å². The van der Waals surface area contributed by atoms with Crippen molar-refractivity contribution in [3.63, 3.8) is 0 Å². The molecule has 1 rings (SSSR count). The van der Waals surface area contributed by atoms with Gasteiger partial charge in [0.05, 0.1) is 0 Å². The molecule has 0 radical (unpaired) electrons. The third-order valence-electron chi connectivity index (χ3n) is 3.34. The molecule has 1 nitrogen and oxygen atoms in total. The standard InChI is InChI=1S/C15H24O/c1-4-12(2)10-13(3)8-9-14-6-5-7-15(16)11-14/h5-7,11-13,16H,4,8-10H2,1-3H3. The molecule has 0 heterocycles. The molecule has 0 aromatic heterocycles. The minimum absolute atomic E-state index is 0.382. The smallest absolute Gasteiger partial charge is 0.115 e. The van der Waals surface area contributed by atoms with Gasteiger partial charge >= 0.3 is 0 Å². The van der Waals surface area contributed by atoms with Gasteiger partial charge in [0.2, 0.25) is 0 Å². The fourth-order valence-electron chi connectivity index (χ4n) is 2.10. The van der Waals surface area contributed by atoms with Crippen molar-refractivity contribution in [1.82, 2.24) is 0 Å². The van der Waals surface area contributed by atoms with Crippen LogP contribution in [0.25, 0.3) is 0 Å². The Morgan fingerprint density at radius 2 is 1.94 bits per heavy atom. The number of hydrogen-bond acceptors (Lipinski definition) is 1. The number of benzene rings is 1. The summed E-state index contributed by atoms with van der Waals surface area (Å²) >= 11 is 0. The van der Waals surface area contributed by atoms with Crippen LogP contribution in [0.1, 0.15) is 45.6 Å². The van der Waals surface area contributed by atoms with Crippen LogP contribution in [0.5, 0.6) is 5.75 Å². The molecule has 0 fully saturated rings. The molecule has 0 bridgehead atoms. The Kier molecular flexibility index (Phi) is 5.37. The predicted molar refractivity (Wildman–Crippen MR) is 69.7 cm³/mol. The van der Waals surface area contributed by atoms with Crippen molar-refractivity contribution in [3.05, 3.63) is 29.8 Å². The van der Waals surface area contributed by atoms with Gasteiger partial charge in [-0.3, -0.25) is 0 Å². The molecule has 1 heteroatoms. The Balaban J connectivity index is 2.34. The van der Waals surface area contributed by atoms with Gasteiger partial charge in [-0.2, -0.15) is 0 Å². The van der Waals surface area contributed by atoms with E-state index in [1.807, 2.05) is 12.1 Å². The van der Waals surface area contributed by atoms with E-state index in [-0.39, 0.29) is 0 Å². The van der Waals surface area contributed by atoms with Gasteiger partial charge < -0.3 is 5.11 Å². The van der Waals surface area contributed by atoms with E-state index in [1.165, 1.54) is 24.8 Å². The molecule has 0 aliphatic rings. The largest absolute Gasteiger partial charge is 0.508 e. The lowest BCUT2D eigenvalue weighted by Crippen LogP contribution is -2.03. The van der Waals surface area contributed by atoms with E-state index in [0.29, 0.717) is 5.75 Å². The fraction of sp³-hybridized carbons (Fsp3) is 0.600. The highest BCUT2D eigenvalue weighted by molar-refractivity contribution is 5.27. The van der Waals surface area contributed by atoms with Crippen LogP contribution in [-0.4, -0.2) is 5.11 Å². The number of phenolic OH excluding ortho intramolecular Hbond substituents is 1. The predicted octanol–water partition coefficient (Wildman–Crippen LogP) is 4.40. The highest BCUT2D eigenvalue weighted by atomic mass is 16.3. The monoisotopic (exact) mass is 220 g/mol. The quantitative estimate of drug-likeness (QED) is 0.753. The zero-order chi connectivity index (χ0) is 12.0. The Bertz CT molecular complexity index is 306. The summed E-state index contributed by atoms with van der Waals surface area (Å²) in [6.45, 7) is 6.91. The average Bonchev–Trinajstić information content (AvgIpc) is 2.26. The molecule has 0 aliphatic carbocycles. The normalized spacial score (nSPS) is 14.7. The van der Waals surface area contributed by atoms with Crippen molar-refractivity contribution in [2.24, 2.45) is 11.8 Å². The molecule has 0 spiro atoms. The fourth-order valence-corrected chi connectivity index (χ4v) is 2.10. The van der Waals surface area contributed by atoms with Crippen LogP contribution in [0.4, 0.5) is 0 Å². The molecule has 16 heavy (non-hydrogen) atoms. The van der Waals surface area contributed by atoms with Crippen molar-refractivity contribution in [1.29, 1.82) is 0 Å². The van der Waals surface area contributed by atoms with E-state index < -0.39 is 0 Å². The summed E-state index contributed by atoms with van der Waals surface area (Å²) in [6.07, 6.45) is 4.88. The van der Waals surface area contributed by atoms with Crippen LogP contribution in [-0.2, 0) is 6.42 Å².